The van der Waals surface area contributed by atoms with Gasteiger partial charge >= 0.3 is 0 Å². The van der Waals surface area contributed by atoms with Crippen LogP contribution >= 0.6 is 0 Å². The van der Waals surface area contributed by atoms with Crippen molar-refractivity contribution in [2.24, 2.45) is 0 Å². The highest BCUT2D eigenvalue weighted by atomic mass is 15.5. The lowest BCUT2D eigenvalue weighted by atomic mass is 9.91. The standard InChI is InChI=1S/C55H50N2/c1-5-9-20-42(8-4)48-31-36-54(51-38-49(44-23-16-12-17-24-44)37-50(39-51)45-25-18-13-19-26-45)55(40-48)56-57(52-32-27-46(28-33-52)41(6-2)7-3)53-34-29-47(30-35-53)43-21-14-10-11-15-22-43/h6-10,12-40,56H,2,5,11H2,1,3-4H3/b20-9-,41-7+,42-8+. The summed E-state index contributed by atoms with van der Waals surface area (Å²) in [4.78, 5) is 0. The van der Waals surface area contributed by atoms with Crippen LogP contribution in [0, 0.1) is 0 Å². The maximum absolute atomic E-state index is 4.05. The van der Waals surface area contributed by atoms with Gasteiger partial charge in [0.15, 0.2) is 0 Å². The summed E-state index contributed by atoms with van der Waals surface area (Å²) in [5, 5.41) is 2.20. The van der Waals surface area contributed by atoms with E-state index < -0.39 is 0 Å². The second kappa shape index (κ2) is 18.6. The van der Waals surface area contributed by atoms with Gasteiger partial charge in [0.1, 0.15) is 0 Å². The molecule has 6 aromatic rings. The highest BCUT2D eigenvalue weighted by Crippen LogP contribution is 2.39. The summed E-state index contributed by atoms with van der Waals surface area (Å²) in [6, 6.07) is 52.6. The zero-order chi connectivity index (χ0) is 39.4. The average molecular weight is 739 g/mol. The van der Waals surface area contributed by atoms with Crippen LogP contribution in [-0.2, 0) is 0 Å². The normalized spacial score (nSPS) is 13.0. The lowest BCUT2D eigenvalue weighted by Gasteiger charge is -2.29. The maximum atomic E-state index is 4.05. The molecule has 6 aromatic carbocycles. The summed E-state index contributed by atoms with van der Waals surface area (Å²) in [6.45, 7) is 10.4. The summed E-state index contributed by atoms with van der Waals surface area (Å²) in [5.74, 6) is 0. The van der Waals surface area contributed by atoms with E-state index >= 15 is 0 Å². The molecule has 0 spiro atoms. The highest BCUT2D eigenvalue weighted by molar-refractivity contribution is 5.90. The fourth-order valence-electron chi connectivity index (χ4n) is 7.23. The van der Waals surface area contributed by atoms with E-state index in [1.165, 1.54) is 39.0 Å². The van der Waals surface area contributed by atoms with E-state index in [2.05, 4.69) is 231 Å². The zero-order valence-corrected chi connectivity index (χ0v) is 33.2. The van der Waals surface area contributed by atoms with Crippen LogP contribution in [0.15, 0.2) is 213 Å². The first-order valence-corrected chi connectivity index (χ1v) is 19.9. The Kier molecular flexibility index (Phi) is 12.5. The molecule has 1 aliphatic carbocycles. The molecule has 0 bridgehead atoms. The van der Waals surface area contributed by atoms with Crippen molar-refractivity contribution in [1.82, 2.24) is 0 Å². The van der Waals surface area contributed by atoms with Gasteiger partial charge in [-0.3, -0.25) is 10.4 Å². The third kappa shape index (κ3) is 9.15. The Bertz CT molecular complexity index is 2430. The smallest absolute Gasteiger partial charge is 0.0630 e. The number of allylic oxidation sites excluding steroid dienone is 13. The van der Waals surface area contributed by atoms with Crippen molar-refractivity contribution in [3.05, 3.63) is 230 Å². The quantitative estimate of drug-likeness (QED) is 0.0937. The number of hydrazine groups is 1. The maximum Gasteiger partial charge on any atom is 0.0630 e. The minimum absolute atomic E-state index is 0.943. The van der Waals surface area contributed by atoms with Crippen LogP contribution in [0.2, 0.25) is 0 Å². The Morgan fingerprint density at radius 1 is 0.614 bits per heavy atom. The van der Waals surface area contributed by atoms with Gasteiger partial charge in [-0.15, -0.1) is 0 Å². The van der Waals surface area contributed by atoms with E-state index in [9.17, 15) is 0 Å². The Labute approximate surface area is 339 Å². The molecule has 0 unspecified atom stereocenters. The second-order valence-corrected chi connectivity index (χ2v) is 14.0. The molecule has 0 saturated heterocycles. The molecule has 0 aromatic heterocycles. The van der Waals surface area contributed by atoms with E-state index in [4.69, 9.17) is 0 Å². The third-order valence-corrected chi connectivity index (χ3v) is 10.3. The van der Waals surface area contributed by atoms with Gasteiger partial charge in [-0.1, -0.05) is 171 Å². The molecule has 0 heterocycles. The average Bonchev–Trinajstić information content (AvgIpc) is 3.57. The number of nitrogens with one attached hydrogen (secondary N) is 1. The molecule has 0 fully saturated rings. The van der Waals surface area contributed by atoms with Gasteiger partial charge < -0.3 is 0 Å². The van der Waals surface area contributed by atoms with E-state index in [0.29, 0.717) is 0 Å². The summed E-state index contributed by atoms with van der Waals surface area (Å²) in [7, 11) is 0. The topological polar surface area (TPSA) is 15.3 Å². The van der Waals surface area contributed by atoms with Crippen molar-refractivity contribution in [2.75, 3.05) is 10.4 Å². The minimum atomic E-state index is 0.943. The molecule has 1 N–H and O–H groups in total. The van der Waals surface area contributed by atoms with Crippen LogP contribution in [0.5, 0.6) is 0 Å². The Balaban J connectivity index is 1.41. The largest absolute Gasteiger partial charge is 0.293 e. The van der Waals surface area contributed by atoms with Crippen molar-refractivity contribution in [1.29, 1.82) is 0 Å². The number of anilines is 3. The summed E-state index contributed by atoms with van der Waals surface area (Å²) in [5.41, 5.74) is 20.8. The Hall–Kier alpha value is -6.90. The first kappa shape index (κ1) is 38.4. The molecule has 0 radical (unpaired) electrons. The molecule has 1 aliphatic rings. The van der Waals surface area contributed by atoms with Gasteiger partial charge in [-0.05, 0) is 136 Å². The SMILES string of the molecule is C=C/C(=C\C)c1ccc(N(Nc2cc(C(/C=C\CC)=C/C)ccc2-c2cc(-c3ccccc3)cc(-c3ccccc3)c2)c2ccc(C3=CC=CCC=C3)cc2)cc1. The molecule has 0 amide bonds. The van der Waals surface area contributed by atoms with Crippen LogP contribution in [0.3, 0.4) is 0 Å². The molecule has 280 valence electrons. The number of hydrogen-bond acceptors (Lipinski definition) is 2. The zero-order valence-electron chi connectivity index (χ0n) is 33.2. The number of rotatable bonds is 13. The van der Waals surface area contributed by atoms with Gasteiger partial charge in [0, 0.05) is 5.56 Å². The molecular formula is C55H50N2. The monoisotopic (exact) mass is 738 g/mol. The van der Waals surface area contributed by atoms with Crippen LogP contribution in [-0.4, -0.2) is 0 Å². The van der Waals surface area contributed by atoms with Crippen molar-refractivity contribution in [2.45, 2.75) is 33.6 Å². The minimum Gasteiger partial charge on any atom is -0.293 e. The number of benzene rings is 6. The first-order valence-electron chi connectivity index (χ1n) is 19.9. The summed E-state index contributed by atoms with van der Waals surface area (Å²) in [6.07, 6.45) is 23.5. The highest BCUT2D eigenvalue weighted by Gasteiger charge is 2.17. The lowest BCUT2D eigenvalue weighted by Crippen LogP contribution is -2.25. The van der Waals surface area contributed by atoms with Crippen LogP contribution < -0.4 is 10.4 Å². The second-order valence-electron chi connectivity index (χ2n) is 14.0. The van der Waals surface area contributed by atoms with E-state index in [-0.39, 0.29) is 0 Å². The molecule has 2 nitrogen and oxygen atoms in total. The first-order chi connectivity index (χ1) is 28.1. The van der Waals surface area contributed by atoms with Crippen LogP contribution in [0.25, 0.3) is 50.1 Å². The van der Waals surface area contributed by atoms with Gasteiger partial charge in [-0.25, -0.2) is 0 Å². The number of hydrogen-bond donors (Lipinski definition) is 1. The lowest BCUT2D eigenvalue weighted by molar-refractivity contribution is 1.16. The van der Waals surface area contributed by atoms with Crippen molar-refractivity contribution < 1.29 is 0 Å². The van der Waals surface area contributed by atoms with Crippen molar-refractivity contribution in [3.8, 4) is 33.4 Å². The van der Waals surface area contributed by atoms with E-state index in [0.717, 1.165) is 57.7 Å². The molecular weight excluding hydrogens is 689 g/mol. The van der Waals surface area contributed by atoms with Crippen LogP contribution in [0.4, 0.5) is 17.1 Å². The van der Waals surface area contributed by atoms with Crippen LogP contribution in [0.1, 0.15) is 50.3 Å². The molecule has 2 heteroatoms. The van der Waals surface area contributed by atoms with Gasteiger partial charge in [-0.2, -0.15) is 0 Å². The fraction of sp³-hybridized carbons (Fsp3) is 0.0909. The predicted molar refractivity (Wildman–Crippen MR) is 249 cm³/mol. The van der Waals surface area contributed by atoms with Crippen molar-refractivity contribution in [3.63, 3.8) is 0 Å². The van der Waals surface area contributed by atoms with Gasteiger partial charge in [0.05, 0.1) is 17.1 Å². The Morgan fingerprint density at radius 3 is 1.81 bits per heavy atom. The third-order valence-electron chi connectivity index (χ3n) is 10.3. The fourth-order valence-corrected chi connectivity index (χ4v) is 7.23. The summed E-state index contributed by atoms with van der Waals surface area (Å²) >= 11 is 0. The molecule has 0 aliphatic heterocycles. The predicted octanol–water partition coefficient (Wildman–Crippen LogP) is 15.7. The Morgan fingerprint density at radius 2 is 1.21 bits per heavy atom. The van der Waals surface area contributed by atoms with E-state index in [1.807, 2.05) is 13.0 Å². The number of nitrogens with zero attached hydrogens (tertiary/aromatic N) is 1. The summed E-state index contributed by atoms with van der Waals surface area (Å²) < 4.78 is 0. The molecule has 7 rings (SSSR count). The molecule has 0 saturated carbocycles. The van der Waals surface area contributed by atoms with Gasteiger partial charge in [0.2, 0.25) is 0 Å². The van der Waals surface area contributed by atoms with Crippen molar-refractivity contribution >= 4 is 33.8 Å². The molecule has 57 heavy (non-hydrogen) atoms. The van der Waals surface area contributed by atoms with E-state index in [1.54, 1.807) is 0 Å². The molecule has 0 atom stereocenters. The van der Waals surface area contributed by atoms with Gasteiger partial charge in [0.25, 0.3) is 0 Å².